The average Bonchev–Trinajstić information content (AvgIpc) is 2.99. The summed E-state index contributed by atoms with van der Waals surface area (Å²) >= 11 is 0. The molecule has 1 saturated heterocycles. The number of nitrogens with one attached hydrogen (secondary N) is 1. The van der Waals surface area contributed by atoms with E-state index < -0.39 is 0 Å². The molecular weight excluding hydrogens is 338 g/mol. The second kappa shape index (κ2) is 8.68. The number of rotatable bonds is 5. The van der Waals surface area contributed by atoms with Crippen molar-refractivity contribution in [3.05, 3.63) is 24.4 Å². The molecule has 2 aromatic heterocycles. The SMILES string of the molecule is CN(C)C[C@@H]1COCCN(C(=O)NCc2nc(-c3ncccn3)no2)C1. The Bertz CT molecular complexity index is 707. The van der Waals surface area contributed by atoms with Gasteiger partial charge < -0.3 is 24.4 Å². The molecular formula is C16H23N7O3. The smallest absolute Gasteiger partial charge is 0.317 e. The van der Waals surface area contributed by atoms with Crippen LogP contribution in [0.2, 0.25) is 0 Å². The highest BCUT2D eigenvalue weighted by Gasteiger charge is 2.23. The first-order valence-corrected chi connectivity index (χ1v) is 8.47. The predicted molar refractivity (Wildman–Crippen MR) is 92.0 cm³/mol. The first kappa shape index (κ1) is 18.2. The molecule has 1 aliphatic heterocycles. The summed E-state index contributed by atoms with van der Waals surface area (Å²) in [5.41, 5.74) is 0. The number of carbonyl (C=O) groups is 1. The molecule has 10 nitrogen and oxygen atoms in total. The van der Waals surface area contributed by atoms with Crippen LogP contribution in [0.5, 0.6) is 0 Å². The van der Waals surface area contributed by atoms with Crippen molar-refractivity contribution in [2.45, 2.75) is 6.54 Å². The van der Waals surface area contributed by atoms with E-state index in [1.807, 2.05) is 14.1 Å². The van der Waals surface area contributed by atoms with Crippen molar-refractivity contribution in [3.8, 4) is 11.6 Å². The van der Waals surface area contributed by atoms with E-state index in [4.69, 9.17) is 9.26 Å². The van der Waals surface area contributed by atoms with Crippen molar-refractivity contribution in [3.63, 3.8) is 0 Å². The zero-order valence-electron chi connectivity index (χ0n) is 15.0. The van der Waals surface area contributed by atoms with Crippen molar-refractivity contribution < 1.29 is 14.1 Å². The fourth-order valence-corrected chi connectivity index (χ4v) is 2.79. The van der Waals surface area contributed by atoms with Gasteiger partial charge in [-0.1, -0.05) is 5.16 Å². The highest BCUT2D eigenvalue weighted by atomic mass is 16.5. The topological polar surface area (TPSA) is 110 Å². The standard InChI is InChI=1S/C16H23N7O3/c1-22(2)9-12-10-23(6-7-25-11-12)16(24)19-8-13-20-15(21-26-13)14-17-4-3-5-18-14/h3-5,12H,6-11H2,1-2H3,(H,19,24)/t12-/m0/s1. The van der Waals surface area contributed by atoms with Crippen molar-refractivity contribution in [2.24, 2.45) is 5.92 Å². The van der Waals surface area contributed by atoms with Crippen LogP contribution in [-0.2, 0) is 11.3 Å². The van der Waals surface area contributed by atoms with Gasteiger partial charge in [-0.15, -0.1) is 0 Å². The van der Waals surface area contributed by atoms with Crippen molar-refractivity contribution in [2.75, 3.05) is 46.9 Å². The Morgan fingerprint density at radius 3 is 2.92 bits per heavy atom. The lowest BCUT2D eigenvalue weighted by Crippen LogP contribution is -2.44. The van der Waals surface area contributed by atoms with Gasteiger partial charge in [0.2, 0.25) is 17.5 Å². The van der Waals surface area contributed by atoms with Crippen molar-refractivity contribution in [1.82, 2.24) is 35.2 Å². The van der Waals surface area contributed by atoms with E-state index in [1.165, 1.54) is 0 Å². The summed E-state index contributed by atoms with van der Waals surface area (Å²) in [7, 11) is 4.03. The van der Waals surface area contributed by atoms with Gasteiger partial charge in [0.1, 0.15) is 0 Å². The summed E-state index contributed by atoms with van der Waals surface area (Å²) in [5.74, 6) is 1.26. The van der Waals surface area contributed by atoms with Crippen LogP contribution >= 0.6 is 0 Å². The Labute approximate surface area is 151 Å². The number of urea groups is 1. The lowest BCUT2D eigenvalue weighted by atomic mass is 10.1. The predicted octanol–water partition coefficient (Wildman–Crippen LogP) is 0.246. The fourth-order valence-electron chi connectivity index (χ4n) is 2.79. The van der Waals surface area contributed by atoms with Crippen LogP contribution < -0.4 is 5.32 Å². The van der Waals surface area contributed by atoms with Gasteiger partial charge in [-0.05, 0) is 20.2 Å². The number of ether oxygens (including phenoxy) is 1. The van der Waals surface area contributed by atoms with Gasteiger partial charge >= 0.3 is 6.03 Å². The largest absolute Gasteiger partial charge is 0.379 e. The minimum absolute atomic E-state index is 0.147. The second-order valence-corrected chi connectivity index (χ2v) is 6.39. The zero-order valence-corrected chi connectivity index (χ0v) is 15.0. The third-order valence-corrected chi connectivity index (χ3v) is 3.87. The van der Waals surface area contributed by atoms with Gasteiger partial charge in [-0.2, -0.15) is 4.98 Å². The third-order valence-electron chi connectivity index (χ3n) is 3.87. The Hall–Kier alpha value is -2.59. The molecule has 1 aliphatic rings. The van der Waals surface area contributed by atoms with Gasteiger partial charge in [0.15, 0.2) is 0 Å². The van der Waals surface area contributed by atoms with E-state index >= 15 is 0 Å². The van der Waals surface area contributed by atoms with Gasteiger partial charge in [0, 0.05) is 37.9 Å². The first-order chi connectivity index (χ1) is 12.6. The molecule has 140 valence electrons. The number of amides is 2. The molecule has 2 amide bonds. The van der Waals surface area contributed by atoms with Crippen LogP contribution in [0.3, 0.4) is 0 Å². The van der Waals surface area contributed by atoms with Crippen molar-refractivity contribution >= 4 is 6.03 Å². The van der Waals surface area contributed by atoms with Crippen molar-refractivity contribution in [1.29, 1.82) is 0 Å². The van der Waals surface area contributed by atoms with E-state index in [1.54, 1.807) is 23.4 Å². The minimum atomic E-state index is -0.171. The zero-order chi connectivity index (χ0) is 18.4. The summed E-state index contributed by atoms with van der Waals surface area (Å²) in [5, 5.41) is 6.65. The van der Waals surface area contributed by atoms with Gasteiger partial charge in [-0.3, -0.25) is 0 Å². The molecule has 0 aliphatic carbocycles. The number of carbonyl (C=O) groups excluding carboxylic acids is 1. The maximum absolute atomic E-state index is 12.5. The molecule has 1 N–H and O–H groups in total. The van der Waals surface area contributed by atoms with E-state index in [0.29, 0.717) is 43.8 Å². The summed E-state index contributed by atoms with van der Waals surface area (Å²) in [6.07, 6.45) is 3.21. The lowest BCUT2D eigenvalue weighted by Gasteiger charge is -2.25. The van der Waals surface area contributed by atoms with Crippen LogP contribution in [0.1, 0.15) is 5.89 Å². The Morgan fingerprint density at radius 2 is 2.15 bits per heavy atom. The molecule has 0 aromatic carbocycles. The molecule has 1 atom stereocenters. The van der Waals surface area contributed by atoms with Crippen LogP contribution in [0.4, 0.5) is 4.79 Å². The average molecular weight is 361 g/mol. The Morgan fingerprint density at radius 1 is 1.35 bits per heavy atom. The minimum Gasteiger partial charge on any atom is -0.379 e. The fraction of sp³-hybridized carbons (Fsp3) is 0.562. The molecule has 26 heavy (non-hydrogen) atoms. The molecule has 0 bridgehead atoms. The molecule has 1 fully saturated rings. The highest BCUT2D eigenvalue weighted by Crippen LogP contribution is 2.10. The molecule has 0 saturated carbocycles. The first-order valence-electron chi connectivity index (χ1n) is 8.47. The van der Waals surface area contributed by atoms with E-state index in [0.717, 1.165) is 6.54 Å². The maximum Gasteiger partial charge on any atom is 0.317 e. The number of aromatic nitrogens is 4. The van der Waals surface area contributed by atoms with Gasteiger partial charge in [0.25, 0.3) is 0 Å². The summed E-state index contributed by atoms with van der Waals surface area (Å²) in [6.45, 7) is 3.42. The summed E-state index contributed by atoms with van der Waals surface area (Å²) in [6, 6.07) is 1.54. The molecule has 0 unspecified atom stereocenters. The maximum atomic E-state index is 12.5. The van der Waals surface area contributed by atoms with Crippen LogP contribution in [0.15, 0.2) is 23.0 Å². The van der Waals surface area contributed by atoms with E-state index in [-0.39, 0.29) is 18.5 Å². The molecule has 3 heterocycles. The van der Waals surface area contributed by atoms with E-state index in [9.17, 15) is 4.79 Å². The second-order valence-electron chi connectivity index (χ2n) is 6.39. The summed E-state index contributed by atoms with van der Waals surface area (Å²) in [4.78, 5) is 28.7. The summed E-state index contributed by atoms with van der Waals surface area (Å²) < 4.78 is 10.7. The Kier molecular flexibility index (Phi) is 6.08. The van der Waals surface area contributed by atoms with Crippen LogP contribution in [0, 0.1) is 5.92 Å². The molecule has 2 aromatic rings. The van der Waals surface area contributed by atoms with Gasteiger partial charge in [-0.25, -0.2) is 14.8 Å². The van der Waals surface area contributed by atoms with Crippen LogP contribution in [-0.4, -0.2) is 82.9 Å². The monoisotopic (exact) mass is 361 g/mol. The lowest BCUT2D eigenvalue weighted by molar-refractivity contribution is 0.112. The van der Waals surface area contributed by atoms with Crippen LogP contribution in [0.25, 0.3) is 11.6 Å². The molecule has 10 heteroatoms. The molecule has 3 rings (SSSR count). The number of hydrogen-bond donors (Lipinski definition) is 1. The number of nitrogens with zero attached hydrogens (tertiary/aromatic N) is 6. The quantitative estimate of drug-likeness (QED) is 0.807. The third kappa shape index (κ3) is 4.96. The Balaban J connectivity index is 1.54. The normalized spacial score (nSPS) is 18.0. The molecule has 0 radical (unpaired) electrons. The number of hydrogen-bond acceptors (Lipinski definition) is 8. The van der Waals surface area contributed by atoms with E-state index in [2.05, 4.69) is 30.3 Å². The molecule has 0 spiro atoms. The van der Waals surface area contributed by atoms with Gasteiger partial charge in [0.05, 0.1) is 19.8 Å². The highest BCUT2D eigenvalue weighted by molar-refractivity contribution is 5.74.